The van der Waals surface area contributed by atoms with Crippen LogP contribution < -0.4 is 0 Å². The van der Waals surface area contributed by atoms with Crippen molar-refractivity contribution in [2.24, 2.45) is 0 Å². The number of rotatable bonds is 1. The lowest BCUT2D eigenvalue weighted by molar-refractivity contribution is -0.337. The molecule has 0 spiro atoms. The van der Waals surface area contributed by atoms with E-state index in [0.29, 0.717) is 0 Å². The fourth-order valence-electron chi connectivity index (χ4n) is 0.863. The summed E-state index contributed by atoms with van der Waals surface area (Å²) in [6, 6.07) is 0. The molecule has 1 fully saturated rings. The molecule has 1 saturated heterocycles. The Kier molecular flexibility index (Phi) is 2.18. The first-order valence-electron chi connectivity index (χ1n) is 3.40. The maximum Gasteiger partial charge on any atom is 0.442 e. The van der Waals surface area contributed by atoms with E-state index >= 15 is 0 Å². The van der Waals surface area contributed by atoms with E-state index in [1.807, 2.05) is 0 Å². The van der Waals surface area contributed by atoms with Crippen LogP contribution >= 0.6 is 0 Å². The second kappa shape index (κ2) is 2.74. The number of ether oxygens (including phenoxy) is 2. The fraction of sp³-hybridized carbons (Fsp3) is 0.714. The average molecular weight is 182 g/mol. The van der Waals surface area contributed by atoms with Crippen molar-refractivity contribution in [2.45, 2.75) is 25.0 Å². The minimum Gasteiger partial charge on any atom is -0.340 e. The third-order valence-electron chi connectivity index (χ3n) is 1.68. The van der Waals surface area contributed by atoms with Gasteiger partial charge in [-0.05, 0) is 6.92 Å². The zero-order valence-corrected chi connectivity index (χ0v) is 6.52. The zero-order valence-electron chi connectivity index (χ0n) is 6.52. The number of halogens is 3. The molecule has 5 heteroatoms. The molecule has 0 saturated carbocycles. The fourth-order valence-corrected chi connectivity index (χ4v) is 0.863. The molecule has 0 aliphatic carbocycles. The predicted octanol–water partition coefficient (Wildman–Crippen LogP) is 1.87. The van der Waals surface area contributed by atoms with Gasteiger partial charge in [-0.15, -0.1) is 6.58 Å². The minimum atomic E-state index is -4.50. The maximum atomic E-state index is 12.2. The van der Waals surface area contributed by atoms with Crippen molar-refractivity contribution < 1.29 is 22.6 Å². The van der Waals surface area contributed by atoms with Crippen molar-refractivity contribution in [1.82, 2.24) is 0 Å². The SMILES string of the molecule is C=CC1COC(C)(C(F)(F)F)O1. The molecule has 0 aromatic carbocycles. The molecular weight excluding hydrogens is 173 g/mol. The Morgan fingerprint density at radius 2 is 2.17 bits per heavy atom. The molecule has 0 amide bonds. The van der Waals surface area contributed by atoms with Gasteiger partial charge in [0.15, 0.2) is 0 Å². The van der Waals surface area contributed by atoms with Gasteiger partial charge in [-0.2, -0.15) is 13.2 Å². The number of hydrogen-bond acceptors (Lipinski definition) is 2. The molecule has 0 aromatic heterocycles. The van der Waals surface area contributed by atoms with Crippen molar-refractivity contribution in [3.05, 3.63) is 12.7 Å². The third kappa shape index (κ3) is 1.47. The molecule has 1 rings (SSSR count). The van der Waals surface area contributed by atoms with Crippen molar-refractivity contribution in [1.29, 1.82) is 0 Å². The van der Waals surface area contributed by atoms with Crippen LogP contribution in [0.5, 0.6) is 0 Å². The largest absolute Gasteiger partial charge is 0.442 e. The van der Waals surface area contributed by atoms with Crippen LogP contribution in [0.4, 0.5) is 13.2 Å². The Balaban J connectivity index is 2.70. The van der Waals surface area contributed by atoms with Gasteiger partial charge in [-0.3, -0.25) is 0 Å². The van der Waals surface area contributed by atoms with Crippen LogP contribution in [0.25, 0.3) is 0 Å². The van der Waals surface area contributed by atoms with Crippen LogP contribution in [0.15, 0.2) is 12.7 Å². The van der Waals surface area contributed by atoms with E-state index in [9.17, 15) is 13.2 Å². The first kappa shape index (κ1) is 9.54. The van der Waals surface area contributed by atoms with Gasteiger partial charge >= 0.3 is 6.18 Å². The van der Waals surface area contributed by atoms with Crippen LogP contribution in [-0.4, -0.2) is 24.7 Å². The Labute approximate surface area is 68.0 Å². The molecule has 70 valence electrons. The predicted molar refractivity (Wildman–Crippen MR) is 35.5 cm³/mol. The van der Waals surface area contributed by atoms with Gasteiger partial charge < -0.3 is 9.47 Å². The molecule has 1 aliphatic rings. The summed E-state index contributed by atoms with van der Waals surface area (Å²) in [4.78, 5) is 0. The molecule has 2 nitrogen and oxygen atoms in total. The number of hydrogen-bond donors (Lipinski definition) is 0. The van der Waals surface area contributed by atoms with Gasteiger partial charge in [-0.25, -0.2) is 0 Å². The van der Waals surface area contributed by atoms with Gasteiger partial charge in [0.05, 0.1) is 6.61 Å². The summed E-state index contributed by atoms with van der Waals surface area (Å²) in [5.41, 5.74) is 0. The molecule has 0 radical (unpaired) electrons. The van der Waals surface area contributed by atoms with Crippen molar-refractivity contribution in [3.63, 3.8) is 0 Å². The highest BCUT2D eigenvalue weighted by Gasteiger charge is 2.58. The highest BCUT2D eigenvalue weighted by atomic mass is 19.4. The van der Waals surface area contributed by atoms with E-state index in [1.165, 1.54) is 6.08 Å². The monoisotopic (exact) mass is 182 g/mol. The normalized spacial score (nSPS) is 36.8. The highest BCUT2D eigenvalue weighted by Crippen LogP contribution is 2.39. The summed E-state index contributed by atoms with van der Waals surface area (Å²) in [7, 11) is 0. The minimum absolute atomic E-state index is 0.0977. The summed E-state index contributed by atoms with van der Waals surface area (Å²) >= 11 is 0. The lowest BCUT2D eigenvalue weighted by Gasteiger charge is -2.25. The second-order valence-electron chi connectivity index (χ2n) is 2.65. The topological polar surface area (TPSA) is 18.5 Å². The highest BCUT2D eigenvalue weighted by molar-refractivity contribution is 4.89. The molecule has 1 aliphatic heterocycles. The van der Waals surface area contributed by atoms with Crippen molar-refractivity contribution >= 4 is 0 Å². The Morgan fingerprint density at radius 3 is 2.42 bits per heavy atom. The van der Waals surface area contributed by atoms with Crippen LogP contribution in [-0.2, 0) is 9.47 Å². The van der Waals surface area contributed by atoms with Gasteiger partial charge in [0.25, 0.3) is 5.79 Å². The van der Waals surface area contributed by atoms with Gasteiger partial charge in [0.2, 0.25) is 0 Å². The van der Waals surface area contributed by atoms with Crippen LogP contribution in [0, 0.1) is 0 Å². The summed E-state index contributed by atoms with van der Waals surface area (Å²) in [6.07, 6.45) is -3.88. The quantitative estimate of drug-likeness (QED) is 0.576. The summed E-state index contributed by atoms with van der Waals surface area (Å²) in [5.74, 6) is -2.47. The Hall–Kier alpha value is -0.550. The molecular formula is C7H9F3O2. The summed E-state index contributed by atoms with van der Waals surface area (Å²) in [6.45, 7) is 4.08. The summed E-state index contributed by atoms with van der Waals surface area (Å²) < 4.78 is 45.6. The first-order chi connectivity index (χ1) is 5.39. The van der Waals surface area contributed by atoms with Gasteiger partial charge in [-0.1, -0.05) is 6.08 Å². The molecule has 2 atom stereocenters. The van der Waals surface area contributed by atoms with Crippen LogP contribution in [0.2, 0.25) is 0 Å². The third-order valence-corrected chi connectivity index (χ3v) is 1.68. The molecule has 0 bridgehead atoms. The maximum absolute atomic E-state index is 12.2. The van der Waals surface area contributed by atoms with Crippen LogP contribution in [0.1, 0.15) is 6.92 Å². The average Bonchev–Trinajstić information content (AvgIpc) is 2.31. The summed E-state index contributed by atoms with van der Waals surface area (Å²) in [5, 5.41) is 0. The number of alkyl halides is 3. The first-order valence-corrected chi connectivity index (χ1v) is 3.40. The second-order valence-corrected chi connectivity index (χ2v) is 2.65. The van der Waals surface area contributed by atoms with E-state index in [-0.39, 0.29) is 6.61 Å². The van der Waals surface area contributed by atoms with E-state index in [2.05, 4.69) is 16.1 Å². The standard InChI is InChI=1S/C7H9F3O2/c1-3-5-4-11-6(2,12-5)7(8,9)10/h3,5H,1,4H2,2H3. The Morgan fingerprint density at radius 1 is 1.58 bits per heavy atom. The molecule has 0 N–H and O–H groups in total. The van der Waals surface area contributed by atoms with E-state index < -0.39 is 18.1 Å². The zero-order chi connectivity index (χ0) is 9.41. The van der Waals surface area contributed by atoms with E-state index in [0.717, 1.165) is 6.92 Å². The van der Waals surface area contributed by atoms with Crippen molar-refractivity contribution in [2.75, 3.05) is 6.61 Å². The molecule has 1 heterocycles. The molecule has 0 aromatic rings. The van der Waals surface area contributed by atoms with Gasteiger partial charge in [0.1, 0.15) is 6.10 Å². The Bertz CT molecular complexity index is 190. The van der Waals surface area contributed by atoms with E-state index in [4.69, 9.17) is 0 Å². The van der Waals surface area contributed by atoms with Gasteiger partial charge in [0, 0.05) is 0 Å². The van der Waals surface area contributed by atoms with E-state index in [1.54, 1.807) is 0 Å². The lowest BCUT2D eigenvalue weighted by Crippen LogP contribution is -2.43. The molecule has 12 heavy (non-hydrogen) atoms. The molecule has 2 unspecified atom stereocenters. The lowest BCUT2D eigenvalue weighted by atomic mass is 10.3. The smallest absolute Gasteiger partial charge is 0.340 e. The van der Waals surface area contributed by atoms with Crippen molar-refractivity contribution in [3.8, 4) is 0 Å². The van der Waals surface area contributed by atoms with Crippen LogP contribution in [0.3, 0.4) is 0 Å².